The van der Waals surface area contributed by atoms with E-state index in [1.54, 1.807) is 6.07 Å². The van der Waals surface area contributed by atoms with Gasteiger partial charge in [-0.15, -0.1) is 0 Å². The van der Waals surface area contributed by atoms with E-state index in [4.69, 9.17) is 10.5 Å². The van der Waals surface area contributed by atoms with Crippen molar-refractivity contribution in [3.8, 4) is 12.1 Å². The van der Waals surface area contributed by atoms with Gasteiger partial charge in [0, 0.05) is 23.2 Å². The maximum atomic E-state index is 8.90. The van der Waals surface area contributed by atoms with Crippen molar-refractivity contribution >= 4 is 21.6 Å². The summed E-state index contributed by atoms with van der Waals surface area (Å²) in [4.78, 5) is 2.18. The van der Waals surface area contributed by atoms with E-state index in [1.165, 1.54) is 0 Å². The third-order valence-electron chi connectivity index (χ3n) is 2.52. The molecule has 0 unspecified atom stereocenters. The summed E-state index contributed by atoms with van der Waals surface area (Å²) in [5.74, 6) is 0.526. The van der Waals surface area contributed by atoms with Gasteiger partial charge in [-0.2, -0.15) is 10.5 Å². The lowest BCUT2D eigenvalue weighted by Crippen LogP contribution is -2.28. The Morgan fingerprint density at radius 2 is 2.06 bits per heavy atom. The maximum Gasteiger partial charge on any atom is 0.100 e. The zero-order chi connectivity index (χ0) is 13.5. The first-order valence-electron chi connectivity index (χ1n) is 5.90. The molecule has 1 rings (SSSR count). The van der Waals surface area contributed by atoms with Gasteiger partial charge in [-0.1, -0.05) is 13.8 Å². The van der Waals surface area contributed by atoms with Crippen LogP contribution >= 0.6 is 15.9 Å². The molecule has 18 heavy (non-hydrogen) atoms. The molecule has 1 aromatic carbocycles. The van der Waals surface area contributed by atoms with Crippen LogP contribution in [0.4, 0.5) is 5.69 Å². The summed E-state index contributed by atoms with van der Waals surface area (Å²) in [5.41, 5.74) is 1.67. The van der Waals surface area contributed by atoms with Gasteiger partial charge in [-0.3, -0.25) is 0 Å². The number of rotatable bonds is 5. The van der Waals surface area contributed by atoms with Crippen LogP contribution in [0.5, 0.6) is 0 Å². The van der Waals surface area contributed by atoms with E-state index >= 15 is 0 Å². The van der Waals surface area contributed by atoms with Crippen LogP contribution in [-0.2, 0) is 0 Å². The number of hydrogen-bond acceptors (Lipinski definition) is 3. The summed E-state index contributed by atoms with van der Waals surface area (Å²) >= 11 is 3.40. The molecule has 0 fully saturated rings. The molecule has 3 nitrogen and oxygen atoms in total. The van der Waals surface area contributed by atoms with Gasteiger partial charge >= 0.3 is 0 Å². The number of nitrogens with zero attached hydrogens (tertiary/aromatic N) is 3. The summed E-state index contributed by atoms with van der Waals surface area (Å²) < 4.78 is 0.799. The zero-order valence-electron chi connectivity index (χ0n) is 10.7. The van der Waals surface area contributed by atoms with Crippen LogP contribution in [0.2, 0.25) is 0 Å². The molecule has 4 heteroatoms. The fraction of sp³-hybridized carbons (Fsp3) is 0.429. The quantitative estimate of drug-likeness (QED) is 0.833. The van der Waals surface area contributed by atoms with E-state index in [-0.39, 0.29) is 0 Å². The third-order valence-corrected chi connectivity index (χ3v) is 3.17. The minimum atomic E-state index is 0.504. The van der Waals surface area contributed by atoms with Crippen molar-refractivity contribution in [1.29, 1.82) is 10.5 Å². The fourth-order valence-corrected chi connectivity index (χ4v) is 2.20. The molecule has 0 aliphatic carbocycles. The molecule has 0 amide bonds. The minimum Gasteiger partial charge on any atom is -0.370 e. The van der Waals surface area contributed by atoms with Gasteiger partial charge < -0.3 is 4.90 Å². The van der Waals surface area contributed by atoms with Crippen LogP contribution in [0.1, 0.15) is 25.8 Å². The average Bonchev–Trinajstić information content (AvgIpc) is 2.34. The lowest BCUT2D eigenvalue weighted by molar-refractivity contribution is 0.612. The van der Waals surface area contributed by atoms with Crippen molar-refractivity contribution in [3.05, 3.63) is 28.2 Å². The Balaban J connectivity index is 2.95. The first-order chi connectivity index (χ1) is 8.58. The second-order valence-electron chi connectivity index (χ2n) is 4.52. The SMILES string of the molecule is CC(C)CN(CCC#N)c1ccc(C#N)c(Br)c1. The molecule has 0 spiro atoms. The first-order valence-corrected chi connectivity index (χ1v) is 6.69. The van der Waals surface area contributed by atoms with Crippen LogP contribution in [0.15, 0.2) is 22.7 Å². The van der Waals surface area contributed by atoms with E-state index in [0.717, 1.165) is 16.7 Å². The molecule has 94 valence electrons. The van der Waals surface area contributed by atoms with Crippen LogP contribution < -0.4 is 4.90 Å². The second-order valence-corrected chi connectivity index (χ2v) is 5.38. The molecular weight excluding hydrogens is 290 g/mol. The van der Waals surface area contributed by atoms with Crippen molar-refractivity contribution in [2.75, 3.05) is 18.0 Å². The molecule has 0 bridgehead atoms. The largest absolute Gasteiger partial charge is 0.370 e. The van der Waals surface area contributed by atoms with Crippen LogP contribution in [0.3, 0.4) is 0 Å². The van der Waals surface area contributed by atoms with Gasteiger partial charge in [0.15, 0.2) is 0 Å². The smallest absolute Gasteiger partial charge is 0.100 e. The normalized spacial score (nSPS) is 9.89. The van der Waals surface area contributed by atoms with Gasteiger partial charge in [-0.25, -0.2) is 0 Å². The van der Waals surface area contributed by atoms with Crippen LogP contribution in [-0.4, -0.2) is 13.1 Å². The highest BCUT2D eigenvalue weighted by molar-refractivity contribution is 9.10. The second kappa shape index (κ2) is 7.03. The minimum absolute atomic E-state index is 0.504. The molecule has 0 aromatic heterocycles. The Hall–Kier alpha value is -1.52. The molecule has 0 N–H and O–H groups in total. The van der Waals surface area contributed by atoms with Crippen LogP contribution in [0.25, 0.3) is 0 Å². The van der Waals surface area contributed by atoms with Crippen molar-refractivity contribution in [2.45, 2.75) is 20.3 Å². The Kier molecular flexibility index (Phi) is 5.68. The summed E-state index contributed by atoms with van der Waals surface area (Å²) in [6.07, 6.45) is 0.504. The van der Waals surface area contributed by atoms with Crippen molar-refractivity contribution < 1.29 is 0 Å². The summed E-state index contributed by atoms with van der Waals surface area (Å²) in [7, 11) is 0. The average molecular weight is 306 g/mol. The molecule has 0 saturated carbocycles. The third kappa shape index (κ3) is 4.05. The summed E-state index contributed by atoms with van der Waals surface area (Å²) in [6.45, 7) is 5.92. The summed E-state index contributed by atoms with van der Waals surface area (Å²) in [5, 5.41) is 17.6. The molecule has 0 aliphatic heterocycles. The standard InChI is InChI=1S/C14H16BrN3/c1-11(2)10-18(7-3-6-16)13-5-4-12(9-17)14(15)8-13/h4-5,8,11H,3,7,10H2,1-2H3. The van der Waals surface area contributed by atoms with E-state index in [0.29, 0.717) is 24.4 Å². The van der Waals surface area contributed by atoms with Crippen molar-refractivity contribution in [2.24, 2.45) is 5.92 Å². The van der Waals surface area contributed by atoms with E-state index in [1.807, 2.05) is 12.1 Å². The highest BCUT2D eigenvalue weighted by Crippen LogP contribution is 2.24. The zero-order valence-corrected chi connectivity index (χ0v) is 12.2. The highest BCUT2D eigenvalue weighted by atomic mass is 79.9. The van der Waals surface area contributed by atoms with E-state index < -0.39 is 0 Å². The van der Waals surface area contributed by atoms with E-state index in [9.17, 15) is 0 Å². The molecule has 0 atom stereocenters. The molecule has 0 saturated heterocycles. The molecule has 0 radical (unpaired) electrons. The van der Waals surface area contributed by atoms with Gasteiger partial charge in [0.2, 0.25) is 0 Å². The van der Waals surface area contributed by atoms with Gasteiger partial charge in [0.25, 0.3) is 0 Å². The molecule has 0 heterocycles. The van der Waals surface area contributed by atoms with Gasteiger partial charge in [0.05, 0.1) is 18.1 Å². The van der Waals surface area contributed by atoms with E-state index in [2.05, 4.69) is 46.8 Å². The Labute approximate surface area is 117 Å². The predicted molar refractivity (Wildman–Crippen MR) is 76.1 cm³/mol. The first kappa shape index (κ1) is 14.5. The highest BCUT2D eigenvalue weighted by Gasteiger charge is 2.10. The van der Waals surface area contributed by atoms with Crippen molar-refractivity contribution in [3.63, 3.8) is 0 Å². The lowest BCUT2D eigenvalue weighted by Gasteiger charge is -2.26. The summed E-state index contributed by atoms with van der Waals surface area (Å²) in [6, 6.07) is 9.98. The lowest BCUT2D eigenvalue weighted by atomic mass is 10.1. The predicted octanol–water partition coefficient (Wildman–Crippen LogP) is 3.70. The van der Waals surface area contributed by atoms with Gasteiger partial charge in [0.1, 0.15) is 6.07 Å². The Morgan fingerprint density at radius 1 is 1.33 bits per heavy atom. The topological polar surface area (TPSA) is 50.8 Å². The van der Waals surface area contributed by atoms with Crippen LogP contribution in [0, 0.1) is 28.6 Å². The Morgan fingerprint density at radius 3 is 2.56 bits per heavy atom. The number of hydrogen-bond donors (Lipinski definition) is 0. The van der Waals surface area contributed by atoms with Crippen molar-refractivity contribution in [1.82, 2.24) is 0 Å². The fourth-order valence-electron chi connectivity index (χ4n) is 1.74. The monoisotopic (exact) mass is 305 g/mol. The number of halogens is 1. The Bertz CT molecular complexity index is 483. The molecular formula is C14H16BrN3. The van der Waals surface area contributed by atoms with Gasteiger partial charge in [-0.05, 0) is 40.0 Å². The maximum absolute atomic E-state index is 8.90. The molecule has 0 aliphatic rings. The molecule has 1 aromatic rings. The number of benzene rings is 1. The number of anilines is 1. The number of nitriles is 2.